The van der Waals surface area contributed by atoms with Gasteiger partial charge in [0.2, 0.25) is 5.91 Å². The maximum atomic E-state index is 13.2. The van der Waals surface area contributed by atoms with Gasteiger partial charge in [-0.25, -0.2) is 4.72 Å². The molecule has 0 aromatic heterocycles. The molecule has 2 aliphatic rings. The van der Waals surface area contributed by atoms with Crippen LogP contribution in [0.25, 0.3) is 0 Å². The number of fused-ring (bicyclic) bond motifs is 2. The Bertz CT molecular complexity index is 770. The number of hydrogen-bond donors (Lipinski definition) is 2. The Morgan fingerprint density at radius 2 is 1.97 bits per heavy atom. The quantitative estimate of drug-likeness (QED) is 0.345. The van der Waals surface area contributed by atoms with Gasteiger partial charge in [0.15, 0.2) is 0 Å². The highest BCUT2D eigenvalue weighted by molar-refractivity contribution is 7.97. The molecule has 0 radical (unpaired) electrons. The molecule has 30 heavy (non-hydrogen) atoms. The number of hydrogen-bond acceptors (Lipinski definition) is 5. The van der Waals surface area contributed by atoms with Crippen LogP contribution in [0.3, 0.4) is 0 Å². The maximum absolute atomic E-state index is 13.2. The van der Waals surface area contributed by atoms with Crippen LogP contribution in [0.5, 0.6) is 0 Å². The molecule has 5 atom stereocenters. The second kappa shape index (κ2) is 9.69. The van der Waals surface area contributed by atoms with Gasteiger partial charge in [0.25, 0.3) is 5.69 Å². The molecule has 1 aromatic rings. The number of nitro groups is 1. The molecular formula is C23H35N3O3S. The molecule has 6 nitrogen and oxygen atoms in total. The van der Waals surface area contributed by atoms with Gasteiger partial charge in [0.05, 0.1) is 4.92 Å². The highest BCUT2D eigenvalue weighted by atomic mass is 32.2. The topological polar surface area (TPSA) is 84.3 Å². The number of amides is 1. The van der Waals surface area contributed by atoms with Crippen LogP contribution in [0.15, 0.2) is 29.2 Å². The van der Waals surface area contributed by atoms with E-state index in [1.807, 2.05) is 13.8 Å². The molecule has 166 valence electrons. The Morgan fingerprint density at radius 3 is 2.67 bits per heavy atom. The van der Waals surface area contributed by atoms with Crippen molar-refractivity contribution < 1.29 is 9.72 Å². The van der Waals surface area contributed by atoms with Crippen LogP contribution in [0.4, 0.5) is 5.69 Å². The van der Waals surface area contributed by atoms with Gasteiger partial charge in [0, 0.05) is 12.1 Å². The van der Waals surface area contributed by atoms with Crippen LogP contribution >= 0.6 is 11.9 Å². The molecule has 7 heteroatoms. The summed E-state index contributed by atoms with van der Waals surface area (Å²) in [5, 5.41) is 14.6. The van der Waals surface area contributed by atoms with E-state index >= 15 is 0 Å². The summed E-state index contributed by atoms with van der Waals surface area (Å²) in [7, 11) is 0. The van der Waals surface area contributed by atoms with Gasteiger partial charge in [-0.05, 0) is 81.2 Å². The number of carbonyl (C=O) groups is 1. The summed E-state index contributed by atoms with van der Waals surface area (Å²) in [6.45, 7) is 8.28. The van der Waals surface area contributed by atoms with Gasteiger partial charge in [0.1, 0.15) is 10.4 Å². The summed E-state index contributed by atoms with van der Waals surface area (Å²) < 4.78 is 3.17. The first-order chi connectivity index (χ1) is 14.2. The van der Waals surface area contributed by atoms with E-state index in [4.69, 9.17) is 0 Å². The molecule has 1 amide bonds. The van der Waals surface area contributed by atoms with E-state index in [2.05, 4.69) is 23.9 Å². The normalized spacial score (nSPS) is 29.1. The third kappa shape index (κ3) is 5.35. The van der Waals surface area contributed by atoms with E-state index in [1.165, 1.54) is 38.2 Å². The van der Waals surface area contributed by atoms with Crippen LogP contribution in [0.2, 0.25) is 0 Å². The number of rotatable bonds is 7. The summed E-state index contributed by atoms with van der Waals surface area (Å²) in [4.78, 5) is 24.6. The Balaban J connectivity index is 1.67. The van der Waals surface area contributed by atoms with Gasteiger partial charge in [-0.15, -0.1) is 0 Å². The Hall–Kier alpha value is -1.60. The first-order valence-electron chi connectivity index (χ1n) is 11.2. The van der Waals surface area contributed by atoms with Gasteiger partial charge >= 0.3 is 0 Å². The molecule has 3 rings (SSSR count). The lowest BCUT2D eigenvalue weighted by atomic mass is 9.69. The largest absolute Gasteiger partial charge is 0.351 e. The number of para-hydroxylation sites is 1. The van der Waals surface area contributed by atoms with E-state index < -0.39 is 10.5 Å². The predicted octanol–water partition coefficient (Wildman–Crippen LogP) is 5.33. The van der Waals surface area contributed by atoms with E-state index in [0.29, 0.717) is 16.7 Å². The third-order valence-corrected chi connectivity index (χ3v) is 8.10. The summed E-state index contributed by atoms with van der Waals surface area (Å²) in [6, 6.07) is 6.82. The van der Waals surface area contributed by atoms with E-state index in [9.17, 15) is 14.9 Å². The second-order valence-corrected chi connectivity index (χ2v) is 10.6. The average Bonchev–Trinajstić information content (AvgIpc) is 2.86. The smallest absolute Gasteiger partial charge is 0.284 e. The molecule has 2 aliphatic carbocycles. The highest BCUT2D eigenvalue weighted by Crippen LogP contribution is 2.44. The lowest BCUT2D eigenvalue weighted by Crippen LogP contribution is -2.57. The van der Waals surface area contributed by atoms with Crippen LogP contribution in [0.1, 0.15) is 66.2 Å². The fraction of sp³-hybridized carbons (Fsp3) is 0.696. The molecule has 0 saturated heterocycles. The van der Waals surface area contributed by atoms with Gasteiger partial charge < -0.3 is 5.32 Å². The van der Waals surface area contributed by atoms with Crippen molar-refractivity contribution in [3.05, 3.63) is 34.4 Å². The van der Waals surface area contributed by atoms with Crippen LogP contribution in [0, 0.1) is 33.8 Å². The molecule has 2 fully saturated rings. The summed E-state index contributed by atoms with van der Waals surface area (Å²) >= 11 is 1.15. The summed E-state index contributed by atoms with van der Waals surface area (Å²) in [6.07, 6.45) is 7.29. The van der Waals surface area contributed by atoms with Crippen molar-refractivity contribution in [2.24, 2.45) is 23.7 Å². The molecule has 5 unspecified atom stereocenters. The zero-order valence-corrected chi connectivity index (χ0v) is 19.3. The lowest BCUT2D eigenvalue weighted by molar-refractivity contribution is -0.387. The van der Waals surface area contributed by atoms with Crippen molar-refractivity contribution in [2.45, 2.75) is 82.7 Å². The number of carbonyl (C=O) groups excluding carboxylic acids is 1. The maximum Gasteiger partial charge on any atom is 0.284 e. The molecule has 1 aromatic carbocycles. The van der Waals surface area contributed by atoms with Crippen molar-refractivity contribution in [2.75, 3.05) is 0 Å². The molecule has 2 N–H and O–H groups in total. The molecule has 0 heterocycles. The molecule has 2 bridgehead atoms. The monoisotopic (exact) mass is 433 g/mol. The average molecular weight is 434 g/mol. The van der Waals surface area contributed by atoms with E-state index in [0.717, 1.165) is 30.2 Å². The molecule has 0 spiro atoms. The van der Waals surface area contributed by atoms with Gasteiger partial charge in [-0.2, -0.15) is 0 Å². The fourth-order valence-corrected chi connectivity index (χ4v) is 6.07. The standard InChI is InChI=1S/C23H35N3O3S/c1-5-17-13-16-12-15(2)10-11-18(14-16)21(17)24-22(27)23(3,4)25-30-20-9-7-6-8-19(20)26(28)29/h6-9,15-18,21,25H,5,10-14H2,1-4H3,(H,24,27). The van der Waals surface area contributed by atoms with Crippen molar-refractivity contribution in [1.82, 2.24) is 10.0 Å². The molecule has 2 saturated carbocycles. The zero-order valence-electron chi connectivity index (χ0n) is 18.5. The first kappa shape index (κ1) is 23.1. The fourth-order valence-electron chi connectivity index (χ4n) is 5.22. The zero-order chi connectivity index (χ0) is 21.9. The number of benzene rings is 1. The molecule has 0 aliphatic heterocycles. The predicted molar refractivity (Wildman–Crippen MR) is 121 cm³/mol. The lowest BCUT2D eigenvalue weighted by Gasteiger charge is -2.42. The minimum atomic E-state index is -0.846. The van der Waals surface area contributed by atoms with Crippen molar-refractivity contribution in [3.63, 3.8) is 0 Å². The Labute approximate surface area is 184 Å². The Kier molecular flexibility index (Phi) is 7.45. The minimum absolute atomic E-state index is 0.0345. The molecular weight excluding hydrogens is 398 g/mol. The van der Waals surface area contributed by atoms with Crippen LogP contribution in [-0.4, -0.2) is 22.4 Å². The van der Waals surface area contributed by atoms with E-state index in [-0.39, 0.29) is 17.6 Å². The second-order valence-electron chi connectivity index (χ2n) is 9.74. The first-order valence-corrected chi connectivity index (χ1v) is 12.0. The summed E-state index contributed by atoms with van der Waals surface area (Å²) in [5.41, 5.74) is -0.801. The Morgan fingerprint density at radius 1 is 1.23 bits per heavy atom. The number of nitrogens with one attached hydrogen (secondary N) is 2. The number of nitrogens with zero attached hydrogens (tertiary/aromatic N) is 1. The van der Waals surface area contributed by atoms with Gasteiger partial charge in [-0.3, -0.25) is 14.9 Å². The van der Waals surface area contributed by atoms with Crippen LogP contribution in [-0.2, 0) is 4.79 Å². The number of nitro benzene ring substituents is 1. The SMILES string of the molecule is CCC1CC2CC(C)CCC(C2)C1NC(=O)C(C)(C)NSc1ccccc1[N+](=O)[O-]. The van der Waals surface area contributed by atoms with Crippen LogP contribution < -0.4 is 10.0 Å². The van der Waals surface area contributed by atoms with Crippen molar-refractivity contribution in [3.8, 4) is 0 Å². The highest BCUT2D eigenvalue weighted by Gasteiger charge is 2.41. The minimum Gasteiger partial charge on any atom is -0.351 e. The third-order valence-electron chi connectivity index (χ3n) is 6.92. The van der Waals surface area contributed by atoms with Crippen molar-refractivity contribution in [1.29, 1.82) is 0 Å². The van der Waals surface area contributed by atoms with E-state index in [1.54, 1.807) is 18.2 Å². The van der Waals surface area contributed by atoms with Gasteiger partial charge in [-0.1, -0.05) is 38.8 Å². The summed E-state index contributed by atoms with van der Waals surface area (Å²) in [5.74, 6) is 2.63. The van der Waals surface area contributed by atoms with Crippen molar-refractivity contribution >= 4 is 23.5 Å².